The van der Waals surface area contributed by atoms with Gasteiger partial charge in [0.2, 0.25) is 0 Å². The van der Waals surface area contributed by atoms with Gasteiger partial charge in [-0.05, 0) is 44.1 Å². The molecule has 2 N–H and O–H groups in total. The van der Waals surface area contributed by atoms with Crippen molar-refractivity contribution in [2.75, 3.05) is 0 Å². The molecule has 0 aliphatic carbocycles. The van der Waals surface area contributed by atoms with Gasteiger partial charge in [-0.1, -0.05) is 36.4 Å². The van der Waals surface area contributed by atoms with Crippen molar-refractivity contribution in [3.8, 4) is 0 Å². The van der Waals surface area contributed by atoms with Crippen LogP contribution >= 0.6 is 12.2 Å². The second-order valence-electron chi connectivity index (χ2n) is 4.30. The van der Waals surface area contributed by atoms with Crippen LogP contribution in [0.1, 0.15) is 26.3 Å². The van der Waals surface area contributed by atoms with E-state index in [0.29, 0.717) is 11.2 Å². The summed E-state index contributed by atoms with van der Waals surface area (Å²) in [5.41, 5.74) is 4.99. The van der Waals surface area contributed by atoms with Gasteiger partial charge in [-0.2, -0.15) is 5.10 Å². The molecule has 3 nitrogen and oxygen atoms in total. The molecule has 0 fully saturated rings. The fourth-order valence-electron chi connectivity index (χ4n) is 1.34. The van der Waals surface area contributed by atoms with Gasteiger partial charge in [-0.25, -0.2) is 0 Å². The van der Waals surface area contributed by atoms with Crippen molar-refractivity contribution in [1.29, 1.82) is 0 Å². The highest BCUT2D eigenvalue weighted by molar-refractivity contribution is 7.80. The van der Waals surface area contributed by atoms with Crippen LogP contribution in [0.25, 0.3) is 6.08 Å². The molecule has 1 aromatic carbocycles. The summed E-state index contributed by atoms with van der Waals surface area (Å²) in [7, 11) is 0. The van der Waals surface area contributed by atoms with E-state index in [0.717, 1.165) is 11.1 Å². The molecule has 96 valence electrons. The molecule has 0 aliphatic rings. The zero-order chi connectivity index (χ0) is 13.4. The predicted octanol–water partition coefficient (Wildman–Crippen LogP) is 2.95. The molecule has 0 heterocycles. The fraction of sp³-hybridized carbons (Fsp3) is 0.286. The second-order valence-corrected chi connectivity index (χ2v) is 4.71. The lowest BCUT2D eigenvalue weighted by Gasteiger charge is -2.09. The molecule has 0 aliphatic heterocycles. The van der Waals surface area contributed by atoms with Gasteiger partial charge in [0.1, 0.15) is 0 Å². The molecule has 18 heavy (non-hydrogen) atoms. The number of allylic oxidation sites excluding steroid dienone is 1. The minimum Gasteiger partial charge on any atom is -0.359 e. The minimum atomic E-state index is 0.307. The molecule has 0 aromatic heterocycles. The van der Waals surface area contributed by atoms with Gasteiger partial charge in [-0.3, -0.25) is 5.43 Å². The van der Waals surface area contributed by atoms with E-state index >= 15 is 0 Å². The van der Waals surface area contributed by atoms with Crippen molar-refractivity contribution in [3.63, 3.8) is 0 Å². The maximum Gasteiger partial charge on any atom is 0.187 e. The quantitative estimate of drug-likeness (QED) is 0.497. The van der Waals surface area contributed by atoms with Crippen molar-refractivity contribution in [2.45, 2.75) is 26.8 Å². The number of hydrogen-bond donors (Lipinski definition) is 2. The Bertz CT molecular complexity index is 436. The average Bonchev–Trinajstić information content (AvgIpc) is 2.29. The number of benzene rings is 1. The summed E-state index contributed by atoms with van der Waals surface area (Å²) in [4.78, 5) is 0. The molecule has 1 aromatic rings. The highest BCUT2D eigenvalue weighted by Gasteiger charge is 1.94. The van der Waals surface area contributed by atoms with Crippen LogP contribution in [0.2, 0.25) is 0 Å². The number of nitrogens with zero attached hydrogens (tertiary/aromatic N) is 1. The van der Waals surface area contributed by atoms with Gasteiger partial charge >= 0.3 is 0 Å². The lowest BCUT2D eigenvalue weighted by atomic mass is 10.1. The molecule has 4 heteroatoms. The van der Waals surface area contributed by atoms with Crippen LogP contribution in [0, 0.1) is 0 Å². The summed E-state index contributed by atoms with van der Waals surface area (Å²) in [6.07, 6.45) is 3.81. The van der Waals surface area contributed by atoms with Crippen LogP contribution in [0.15, 0.2) is 41.0 Å². The largest absolute Gasteiger partial charge is 0.359 e. The summed E-state index contributed by atoms with van der Waals surface area (Å²) < 4.78 is 0. The molecule has 0 bridgehead atoms. The Labute approximate surface area is 114 Å². The molecule has 0 saturated carbocycles. The monoisotopic (exact) mass is 261 g/mol. The first kappa shape index (κ1) is 14.4. The van der Waals surface area contributed by atoms with Crippen molar-refractivity contribution in [1.82, 2.24) is 10.7 Å². The standard InChI is InChI=1S/C14H19N3S/c1-11(2)16-14(18)17-15-10-12(3)9-13-7-5-4-6-8-13/h4-11H,1-3H3,(H2,16,17,18)/b12-9+,15-10-. The molecule has 0 saturated heterocycles. The van der Waals surface area contributed by atoms with Crippen LogP contribution in [0.4, 0.5) is 0 Å². The van der Waals surface area contributed by atoms with Gasteiger partial charge in [0.15, 0.2) is 5.11 Å². The van der Waals surface area contributed by atoms with E-state index in [9.17, 15) is 0 Å². The zero-order valence-electron chi connectivity index (χ0n) is 11.0. The van der Waals surface area contributed by atoms with Gasteiger partial charge < -0.3 is 5.32 Å². The summed E-state index contributed by atoms with van der Waals surface area (Å²) in [6.45, 7) is 6.05. The van der Waals surface area contributed by atoms with Crippen molar-refractivity contribution >= 4 is 29.6 Å². The number of rotatable bonds is 4. The Hall–Kier alpha value is -1.68. The van der Waals surface area contributed by atoms with Crippen LogP contribution < -0.4 is 10.7 Å². The zero-order valence-corrected chi connectivity index (χ0v) is 11.8. The van der Waals surface area contributed by atoms with Crippen molar-refractivity contribution in [2.24, 2.45) is 5.10 Å². The maximum absolute atomic E-state index is 5.06. The minimum absolute atomic E-state index is 0.307. The van der Waals surface area contributed by atoms with Crippen molar-refractivity contribution in [3.05, 3.63) is 41.5 Å². The van der Waals surface area contributed by atoms with E-state index in [4.69, 9.17) is 12.2 Å². The van der Waals surface area contributed by atoms with Crippen LogP contribution in [0.3, 0.4) is 0 Å². The number of hydrogen-bond acceptors (Lipinski definition) is 2. The molecule has 0 amide bonds. The van der Waals surface area contributed by atoms with Gasteiger partial charge in [-0.15, -0.1) is 0 Å². The Balaban J connectivity index is 2.47. The van der Waals surface area contributed by atoms with E-state index in [1.807, 2.05) is 39.0 Å². The van der Waals surface area contributed by atoms with E-state index in [1.165, 1.54) is 0 Å². The first-order valence-electron chi connectivity index (χ1n) is 5.91. The Kier molecular flexibility index (Phi) is 6.08. The second kappa shape index (κ2) is 7.61. The third kappa shape index (κ3) is 6.15. The Morgan fingerprint density at radius 2 is 1.94 bits per heavy atom. The Morgan fingerprint density at radius 3 is 2.56 bits per heavy atom. The average molecular weight is 261 g/mol. The summed E-state index contributed by atoms with van der Waals surface area (Å²) in [5, 5.41) is 7.66. The third-order valence-electron chi connectivity index (χ3n) is 2.05. The smallest absolute Gasteiger partial charge is 0.187 e. The van der Waals surface area contributed by atoms with E-state index < -0.39 is 0 Å². The first-order chi connectivity index (χ1) is 8.58. The van der Waals surface area contributed by atoms with Crippen molar-refractivity contribution < 1.29 is 0 Å². The summed E-state index contributed by atoms with van der Waals surface area (Å²) in [5.74, 6) is 0. The number of thiocarbonyl (C=S) groups is 1. The molecule has 0 radical (unpaired) electrons. The topological polar surface area (TPSA) is 36.4 Å². The van der Waals surface area contributed by atoms with Crippen LogP contribution in [0.5, 0.6) is 0 Å². The molecule has 0 spiro atoms. The maximum atomic E-state index is 5.06. The lowest BCUT2D eigenvalue weighted by molar-refractivity contribution is 0.720. The predicted molar refractivity (Wildman–Crippen MR) is 82.6 cm³/mol. The summed E-state index contributed by atoms with van der Waals surface area (Å²) >= 11 is 5.06. The first-order valence-corrected chi connectivity index (χ1v) is 6.31. The lowest BCUT2D eigenvalue weighted by Crippen LogP contribution is -2.36. The third-order valence-corrected chi connectivity index (χ3v) is 2.26. The van der Waals surface area contributed by atoms with E-state index in [1.54, 1.807) is 6.21 Å². The highest BCUT2D eigenvalue weighted by Crippen LogP contribution is 2.04. The Morgan fingerprint density at radius 1 is 1.28 bits per heavy atom. The molecule has 1 rings (SSSR count). The fourth-order valence-corrected chi connectivity index (χ4v) is 1.63. The van der Waals surface area contributed by atoms with Gasteiger partial charge in [0.05, 0.1) is 6.21 Å². The molecule has 0 atom stereocenters. The normalized spacial score (nSPS) is 11.9. The van der Waals surface area contributed by atoms with E-state index in [-0.39, 0.29) is 0 Å². The number of hydrazone groups is 1. The number of nitrogens with one attached hydrogen (secondary N) is 2. The van der Waals surface area contributed by atoms with Crippen LogP contribution in [-0.4, -0.2) is 17.4 Å². The SMILES string of the molecule is CC(/C=N\NC(=S)NC(C)C)=C\c1ccccc1. The van der Waals surface area contributed by atoms with Gasteiger partial charge in [0, 0.05) is 6.04 Å². The van der Waals surface area contributed by atoms with Gasteiger partial charge in [0.25, 0.3) is 0 Å². The summed E-state index contributed by atoms with van der Waals surface area (Å²) in [6, 6.07) is 10.4. The van der Waals surface area contributed by atoms with E-state index in [2.05, 4.69) is 34.1 Å². The molecular formula is C14H19N3S. The van der Waals surface area contributed by atoms with Crippen LogP contribution in [-0.2, 0) is 0 Å². The molecule has 0 unspecified atom stereocenters. The molecular weight excluding hydrogens is 242 g/mol. The highest BCUT2D eigenvalue weighted by atomic mass is 32.1.